The standard InChI is InChI=1S/C12H19N3O2S2/c1-9-4-5-10(12(13)18)11(8-9)14-6-3-7-15-19(2,16)17/h4-5,8,14-15H,3,6-7H2,1-2H3,(H2,13,18). The average molecular weight is 301 g/mol. The first-order valence-corrected chi connectivity index (χ1v) is 8.18. The summed E-state index contributed by atoms with van der Waals surface area (Å²) in [4.78, 5) is 0.344. The second-order valence-electron chi connectivity index (χ2n) is 4.36. The SMILES string of the molecule is Cc1ccc(C(N)=S)c(NCCCNS(C)(=O)=O)c1. The van der Waals surface area contributed by atoms with Crippen LogP contribution in [0.25, 0.3) is 0 Å². The molecule has 0 aliphatic heterocycles. The first kappa shape index (κ1) is 15.9. The lowest BCUT2D eigenvalue weighted by Crippen LogP contribution is -2.24. The van der Waals surface area contributed by atoms with Crippen LogP contribution in [0.5, 0.6) is 0 Å². The highest BCUT2D eigenvalue weighted by molar-refractivity contribution is 7.88. The number of rotatable bonds is 7. The largest absolute Gasteiger partial charge is 0.389 e. The van der Waals surface area contributed by atoms with Gasteiger partial charge >= 0.3 is 0 Å². The summed E-state index contributed by atoms with van der Waals surface area (Å²) in [6, 6.07) is 5.80. The van der Waals surface area contributed by atoms with Crippen molar-refractivity contribution in [2.75, 3.05) is 24.7 Å². The van der Waals surface area contributed by atoms with Crippen LogP contribution in [0, 0.1) is 6.92 Å². The van der Waals surface area contributed by atoms with E-state index in [-0.39, 0.29) is 0 Å². The number of sulfonamides is 1. The molecule has 0 aromatic heterocycles. The Labute approximate surface area is 119 Å². The number of hydrogen-bond acceptors (Lipinski definition) is 4. The molecule has 19 heavy (non-hydrogen) atoms. The monoisotopic (exact) mass is 301 g/mol. The van der Waals surface area contributed by atoms with Crippen LogP contribution in [0.3, 0.4) is 0 Å². The second-order valence-corrected chi connectivity index (χ2v) is 6.63. The number of benzene rings is 1. The lowest BCUT2D eigenvalue weighted by Gasteiger charge is -2.12. The van der Waals surface area contributed by atoms with Crippen LogP contribution in [0.2, 0.25) is 0 Å². The van der Waals surface area contributed by atoms with Crippen LogP contribution < -0.4 is 15.8 Å². The number of nitrogens with two attached hydrogens (primary N) is 1. The molecule has 0 fully saturated rings. The molecule has 0 unspecified atom stereocenters. The Hall–Kier alpha value is -1.18. The predicted octanol–water partition coefficient (Wildman–Crippen LogP) is 0.980. The van der Waals surface area contributed by atoms with Gasteiger partial charge in [0.25, 0.3) is 0 Å². The summed E-state index contributed by atoms with van der Waals surface area (Å²) >= 11 is 4.99. The minimum atomic E-state index is -3.12. The molecule has 0 amide bonds. The third-order valence-corrected chi connectivity index (χ3v) is 3.42. The molecular formula is C12H19N3O2S2. The van der Waals surface area contributed by atoms with Crippen molar-refractivity contribution in [3.63, 3.8) is 0 Å². The van der Waals surface area contributed by atoms with E-state index in [0.717, 1.165) is 23.1 Å². The first-order valence-electron chi connectivity index (χ1n) is 5.88. The van der Waals surface area contributed by atoms with Gasteiger partial charge in [-0.05, 0) is 31.0 Å². The van der Waals surface area contributed by atoms with E-state index in [1.807, 2.05) is 25.1 Å². The van der Waals surface area contributed by atoms with Gasteiger partial charge in [0.05, 0.1) is 6.26 Å². The van der Waals surface area contributed by atoms with E-state index in [2.05, 4.69) is 10.0 Å². The molecular weight excluding hydrogens is 282 g/mol. The molecule has 1 rings (SSSR count). The van der Waals surface area contributed by atoms with Gasteiger partial charge < -0.3 is 11.1 Å². The van der Waals surface area contributed by atoms with Crippen molar-refractivity contribution >= 4 is 32.9 Å². The fourth-order valence-corrected chi connectivity index (χ4v) is 2.28. The van der Waals surface area contributed by atoms with Crippen molar-refractivity contribution in [3.05, 3.63) is 29.3 Å². The molecule has 1 aromatic carbocycles. The van der Waals surface area contributed by atoms with Crippen molar-refractivity contribution in [1.82, 2.24) is 4.72 Å². The van der Waals surface area contributed by atoms with Crippen molar-refractivity contribution in [3.8, 4) is 0 Å². The number of hydrogen-bond donors (Lipinski definition) is 3. The molecule has 0 aliphatic carbocycles. The minimum Gasteiger partial charge on any atom is -0.389 e. The summed E-state index contributed by atoms with van der Waals surface area (Å²) in [6.07, 6.45) is 1.82. The third-order valence-electron chi connectivity index (χ3n) is 2.47. The zero-order valence-corrected chi connectivity index (χ0v) is 12.7. The van der Waals surface area contributed by atoms with E-state index in [9.17, 15) is 8.42 Å². The highest BCUT2D eigenvalue weighted by Crippen LogP contribution is 2.17. The Morgan fingerprint density at radius 3 is 2.63 bits per heavy atom. The minimum absolute atomic E-state index is 0.344. The highest BCUT2D eigenvalue weighted by atomic mass is 32.2. The van der Waals surface area contributed by atoms with Gasteiger partial charge in [0.1, 0.15) is 4.99 Å². The van der Waals surface area contributed by atoms with Gasteiger partial charge in [-0.3, -0.25) is 0 Å². The fraction of sp³-hybridized carbons (Fsp3) is 0.417. The Balaban J connectivity index is 2.53. The van der Waals surface area contributed by atoms with Gasteiger partial charge in [0, 0.05) is 24.3 Å². The summed E-state index contributed by atoms with van der Waals surface area (Å²) < 4.78 is 24.2. The van der Waals surface area contributed by atoms with Crippen molar-refractivity contribution in [2.24, 2.45) is 5.73 Å². The number of anilines is 1. The Morgan fingerprint density at radius 2 is 2.05 bits per heavy atom. The normalized spacial score (nSPS) is 11.3. The molecule has 0 saturated carbocycles. The molecule has 5 nitrogen and oxygen atoms in total. The lowest BCUT2D eigenvalue weighted by molar-refractivity contribution is 0.586. The zero-order chi connectivity index (χ0) is 14.5. The van der Waals surface area contributed by atoms with Gasteiger partial charge in [0.2, 0.25) is 10.0 Å². The Bertz CT molecular complexity index is 556. The van der Waals surface area contributed by atoms with E-state index in [1.165, 1.54) is 0 Å². The smallest absolute Gasteiger partial charge is 0.208 e. The summed E-state index contributed by atoms with van der Waals surface area (Å²) in [5, 5.41) is 3.22. The molecule has 0 atom stereocenters. The third kappa shape index (κ3) is 6.00. The van der Waals surface area contributed by atoms with Crippen LogP contribution in [-0.2, 0) is 10.0 Å². The molecule has 0 bridgehead atoms. The van der Waals surface area contributed by atoms with Crippen LogP contribution in [0.15, 0.2) is 18.2 Å². The van der Waals surface area contributed by atoms with Gasteiger partial charge in [-0.15, -0.1) is 0 Å². The maximum atomic E-state index is 10.9. The fourth-order valence-electron chi connectivity index (χ4n) is 1.59. The molecule has 7 heteroatoms. The zero-order valence-electron chi connectivity index (χ0n) is 11.1. The number of nitrogens with one attached hydrogen (secondary N) is 2. The Kier molecular flexibility index (Phi) is 5.71. The van der Waals surface area contributed by atoms with E-state index in [0.29, 0.717) is 24.5 Å². The maximum Gasteiger partial charge on any atom is 0.208 e. The van der Waals surface area contributed by atoms with E-state index in [1.54, 1.807) is 0 Å². The average Bonchev–Trinajstić information content (AvgIpc) is 2.26. The van der Waals surface area contributed by atoms with Crippen LogP contribution in [0.1, 0.15) is 17.5 Å². The summed E-state index contributed by atoms with van der Waals surface area (Å²) in [5.41, 5.74) is 8.44. The van der Waals surface area contributed by atoms with E-state index < -0.39 is 10.0 Å². The molecule has 0 saturated heterocycles. The van der Waals surface area contributed by atoms with E-state index in [4.69, 9.17) is 18.0 Å². The van der Waals surface area contributed by atoms with Gasteiger partial charge in [-0.25, -0.2) is 13.1 Å². The molecule has 0 radical (unpaired) electrons. The highest BCUT2D eigenvalue weighted by Gasteiger charge is 2.05. The van der Waals surface area contributed by atoms with Crippen molar-refractivity contribution in [2.45, 2.75) is 13.3 Å². The number of thiocarbonyl (C=S) groups is 1. The quantitative estimate of drug-likeness (QED) is 0.516. The Morgan fingerprint density at radius 1 is 1.37 bits per heavy atom. The maximum absolute atomic E-state index is 10.9. The molecule has 0 aliphatic rings. The van der Waals surface area contributed by atoms with Gasteiger partial charge in [0.15, 0.2) is 0 Å². The van der Waals surface area contributed by atoms with Crippen LogP contribution in [-0.4, -0.2) is 32.8 Å². The molecule has 0 heterocycles. The first-order chi connectivity index (χ1) is 8.79. The molecule has 0 spiro atoms. The summed E-state index contributed by atoms with van der Waals surface area (Å²) in [7, 11) is -3.12. The van der Waals surface area contributed by atoms with Crippen molar-refractivity contribution < 1.29 is 8.42 Å². The van der Waals surface area contributed by atoms with Crippen LogP contribution in [0.4, 0.5) is 5.69 Å². The molecule has 4 N–H and O–H groups in total. The summed E-state index contributed by atoms with van der Waals surface area (Å²) in [6.45, 7) is 3.03. The van der Waals surface area contributed by atoms with Gasteiger partial charge in [-0.1, -0.05) is 18.3 Å². The second kappa shape index (κ2) is 6.83. The molecule has 106 valence electrons. The molecule has 1 aromatic rings. The topological polar surface area (TPSA) is 84.2 Å². The van der Waals surface area contributed by atoms with Gasteiger partial charge in [-0.2, -0.15) is 0 Å². The lowest BCUT2D eigenvalue weighted by atomic mass is 10.1. The number of aryl methyl sites for hydroxylation is 1. The van der Waals surface area contributed by atoms with Crippen LogP contribution >= 0.6 is 12.2 Å². The predicted molar refractivity (Wildman–Crippen MR) is 83.0 cm³/mol. The summed E-state index contributed by atoms with van der Waals surface area (Å²) in [5.74, 6) is 0. The van der Waals surface area contributed by atoms with E-state index >= 15 is 0 Å². The van der Waals surface area contributed by atoms with Crippen molar-refractivity contribution in [1.29, 1.82) is 0 Å².